The average molecular weight is 1310 g/mol. The minimum atomic E-state index is -4.34. The van der Waals surface area contributed by atoms with Crippen LogP contribution < -0.4 is 47.3 Å². The van der Waals surface area contributed by atoms with Crippen molar-refractivity contribution >= 4 is 45.6 Å². The number of hydrogen-bond donors (Lipinski definition) is 8. The molecule has 0 radical (unpaired) electrons. The largest absolute Gasteiger partial charge is 0.497 e. The van der Waals surface area contributed by atoms with Gasteiger partial charge in [-0.25, -0.2) is 13.5 Å². The molecule has 16 heteroatoms. The summed E-state index contributed by atoms with van der Waals surface area (Å²) in [6.07, 6.45) is -4.34. The van der Waals surface area contributed by atoms with Crippen molar-refractivity contribution in [3.8, 4) is 22.6 Å². The van der Waals surface area contributed by atoms with Gasteiger partial charge in [-0.3, -0.25) is 0 Å². The van der Waals surface area contributed by atoms with Crippen molar-refractivity contribution in [2.45, 2.75) is 87.8 Å². The number of nitrogens with zero attached hydrogens (tertiary/aromatic N) is 2. The first-order valence-electron chi connectivity index (χ1n) is 30.5. The molecule has 0 spiro atoms. The lowest BCUT2D eigenvalue weighted by Crippen LogP contribution is -2.12. The highest BCUT2D eigenvalue weighted by Crippen LogP contribution is 2.35. The fraction of sp³-hybridized carbons (Fsp3) is 0.278. The van der Waals surface area contributed by atoms with Crippen LogP contribution in [0.3, 0.4) is 0 Å². The SMILES string of the molecule is C.C.CNc1cc(-c2ccccc2)cc(C(F)(F)F)c1.CNc1cc(C(C)(C)C)nn1-c1ccccc1.CNc1ccc(C(C)(F)F)cc1.CNc1ccc(C)cc1.CNc1ccc(C)cc1.CNc1ccc(C)cc1.CNc1ccc(OC)cc1.CNc1cccc(C)c1. The molecule has 11 nitrogen and oxygen atoms in total. The number of nitrogens with one attached hydrogen (secondary N) is 8. The predicted molar refractivity (Wildman–Crippen MR) is 403 cm³/mol. The maximum atomic E-state index is 12.8. The van der Waals surface area contributed by atoms with Crippen LogP contribution >= 0.6 is 0 Å². The van der Waals surface area contributed by atoms with Gasteiger partial charge in [-0.15, -0.1) is 0 Å². The average Bonchev–Trinajstić information content (AvgIpc) is 1.79. The summed E-state index contributed by atoms with van der Waals surface area (Å²) < 4.78 is 70.6. The number of para-hydroxylation sites is 1. The van der Waals surface area contributed by atoms with E-state index in [9.17, 15) is 22.0 Å². The van der Waals surface area contributed by atoms with Crippen LogP contribution in [-0.2, 0) is 17.5 Å². The molecule has 0 fully saturated rings. The van der Waals surface area contributed by atoms with Crippen molar-refractivity contribution in [3.63, 3.8) is 0 Å². The Morgan fingerprint density at radius 3 is 1.07 bits per heavy atom. The van der Waals surface area contributed by atoms with Crippen LogP contribution in [0.25, 0.3) is 16.8 Å². The normalized spacial score (nSPS) is 10.0. The van der Waals surface area contributed by atoms with E-state index in [-0.39, 0.29) is 25.8 Å². The lowest BCUT2D eigenvalue weighted by atomic mass is 9.92. The second-order valence-electron chi connectivity index (χ2n) is 22.2. The Balaban J connectivity index is 0.000000550. The highest BCUT2D eigenvalue weighted by atomic mass is 19.4. The summed E-state index contributed by atoms with van der Waals surface area (Å²) in [5.74, 6) is -0.841. The minimum Gasteiger partial charge on any atom is -0.497 e. The number of ether oxygens (including phenoxy) is 1. The summed E-state index contributed by atoms with van der Waals surface area (Å²) in [5, 5.41) is 28.7. The molecule has 10 rings (SSSR count). The first-order chi connectivity index (χ1) is 44.2. The maximum Gasteiger partial charge on any atom is 0.416 e. The molecule has 1 aromatic heterocycles. The molecule has 0 saturated carbocycles. The minimum absolute atomic E-state index is 0. The van der Waals surface area contributed by atoms with Crippen molar-refractivity contribution in [2.24, 2.45) is 0 Å². The van der Waals surface area contributed by atoms with Crippen molar-refractivity contribution < 1.29 is 26.7 Å². The Morgan fingerprint density at radius 2 is 0.737 bits per heavy atom. The smallest absolute Gasteiger partial charge is 0.416 e. The van der Waals surface area contributed by atoms with E-state index in [0.29, 0.717) is 11.3 Å². The van der Waals surface area contributed by atoms with Gasteiger partial charge in [-0.05, 0) is 160 Å². The molecule has 512 valence electrons. The summed E-state index contributed by atoms with van der Waals surface area (Å²) in [6, 6.07) is 72.3. The van der Waals surface area contributed by atoms with Gasteiger partial charge in [0.1, 0.15) is 11.6 Å². The van der Waals surface area contributed by atoms with Crippen LogP contribution in [0.4, 0.5) is 67.6 Å². The lowest BCUT2D eigenvalue weighted by molar-refractivity contribution is -0.137. The molecule has 0 amide bonds. The highest BCUT2D eigenvalue weighted by molar-refractivity contribution is 5.69. The van der Waals surface area contributed by atoms with Gasteiger partial charge in [0.2, 0.25) is 0 Å². The van der Waals surface area contributed by atoms with Crippen LogP contribution in [0.2, 0.25) is 0 Å². The second-order valence-corrected chi connectivity index (χ2v) is 22.2. The van der Waals surface area contributed by atoms with Crippen molar-refractivity contribution in [3.05, 3.63) is 270 Å². The fourth-order valence-corrected chi connectivity index (χ4v) is 8.07. The molecule has 1 heterocycles. The van der Waals surface area contributed by atoms with Crippen LogP contribution in [0.15, 0.2) is 231 Å². The number of aryl methyl sites for hydroxylation is 4. The van der Waals surface area contributed by atoms with Gasteiger partial charge in [0.05, 0.1) is 24.1 Å². The van der Waals surface area contributed by atoms with Crippen molar-refractivity contribution in [2.75, 3.05) is 106 Å². The van der Waals surface area contributed by atoms with Gasteiger partial charge in [-0.2, -0.15) is 18.3 Å². The molecule has 0 unspecified atom stereocenters. The number of anilines is 8. The summed E-state index contributed by atoms with van der Waals surface area (Å²) >= 11 is 0. The van der Waals surface area contributed by atoms with E-state index >= 15 is 0 Å². The molecular weight excluding hydrogens is 1200 g/mol. The molecule has 0 saturated heterocycles. The summed E-state index contributed by atoms with van der Waals surface area (Å²) in [6.45, 7) is 15.7. The summed E-state index contributed by atoms with van der Waals surface area (Å²) in [4.78, 5) is 0. The Bertz CT molecular complexity index is 3480. The van der Waals surface area contributed by atoms with E-state index in [1.165, 1.54) is 57.1 Å². The van der Waals surface area contributed by atoms with Gasteiger partial charge in [0, 0.05) is 120 Å². The topological polar surface area (TPSA) is 123 Å². The van der Waals surface area contributed by atoms with Crippen LogP contribution in [0, 0.1) is 27.7 Å². The third-order valence-electron chi connectivity index (χ3n) is 13.8. The van der Waals surface area contributed by atoms with Gasteiger partial charge in [-0.1, -0.05) is 162 Å². The monoisotopic (exact) mass is 1300 g/mol. The predicted octanol–water partition coefficient (Wildman–Crippen LogP) is 21.6. The van der Waals surface area contributed by atoms with Crippen LogP contribution in [0.5, 0.6) is 5.75 Å². The fourth-order valence-electron chi connectivity index (χ4n) is 8.07. The Hall–Kier alpha value is -9.96. The van der Waals surface area contributed by atoms with Crippen LogP contribution in [-0.4, -0.2) is 73.3 Å². The van der Waals surface area contributed by atoms with E-state index < -0.39 is 17.7 Å². The number of benzene rings is 9. The standard InChI is InChI=1S/C14H12F3N.C14H19N3.C9H11F2N.C8H11NO.4C8H11N.2CH4/c1-18-13-8-11(10-5-3-2-4-6-10)7-12(9-13)14(15,16)17;1-14(2,3)12-10-13(15-4)17(16-12)11-8-6-5-7-9-11;1-9(10,11)7-3-5-8(12-2)6-4-7;1-9-7-3-5-8(10-2)6-4-7;3*1-7-3-5-8(9-2)6-4-7;1-7-4-3-5-8(6-7)9-2;;/h2-9,18H,1H3;5-10,15H,1-4H3;3-6,12H,1-2H3;3-6,9H,1-2H3;4*3-6,9H,1-2H3;2*1H4. The second kappa shape index (κ2) is 43.0. The number of halogens is 5. The van der Waals surface area contributed by atoms with E-state index in [1.54, 1.807) is 63.7 Å². The molecule has 0 aliphatic rings. The van der Waals surface area contributed by atoms with E-state index in [2.05, 4.69) is 199 Å². The molecule has 95 heavy (non-hydrogen) atoms. The van der Waals surface area contributed by atoms with Crippen LogP contribution in [0.1, 0.15) is 81.6 Å². The highest BCUT2D eigenvalue weighted by Gasteiger charge is 2.31. The first kappa shape index (κ1) is 83.1. The molecular formula is C79H105F5N10O. The third-order valence-corrected chi connectivity index (χ3v) is 13.8. The number of methoxy groups -OCH3 is 1. The van der Waals surface area contributed by atoms with Gasteiger partial charge in [0.25, 0.3) is 5.92 Å². The quantitative estimate of drug-likeness (QED) is 0.0561. The number of hydrogen-bond acceptors (Lipinski definition) is 10. The van der Waals surface area contributed by atoms with Gasteiger partial charge < -0.3 is 47.3 Å². The molecule has 0 aliphatic carbocycles. The van der Waals surface area contributed by atoms with Crippen molar-refractivity contribution in [1.82, 2.24) is 9.78 Å². The van der Waals surface area contributed by atoms with Crippen molar-refractivity contribution in [1.29, 1.82) is 0 Å². The molecule has 8 N–H and O–H groups in total. The van der Waals surface area contributed by atoms with Gasteiger partial charge in [0.15, 0.2) is 0 Å². The zero-order valence-corrected chi connectivity index (χ0v) is 57.1. The Kier molecular flexibility index (Phi) is 37.6. The van der Waals surface area contributed by atoms with Gasteiger partial charge >= 0.3 is 6.18 Å². The lowest BCUT2D eigenvalue weighted by Gasteiger charge is -2.14. The summed E-state index contributed by atoms with van der Waals surface area (Å²) in [7, 11) is 16.5. The number of alkyl halides is 5. The third kappa shape index (κ3) is 31.5. The summed E-state index contributed by atoms with van der Waals surface area (Å²) in [5.41, 5.74) is 15.2. The number of rotatable bonds is 12. The first-order valence-corrected chi connectivity index (χ1v) is 30.5. The Labute approximate surface area is 565 Å². The molecule has 9 aromatic carbocycles. The zero-order chi connectivity index (χ0) is 69.0. The van der Waals surface area contributed by atoms with E-state index in [0.717, 1.165) is 58.9 Å². The molecule has 0 aliphatic heterocycles. The maximum absolute atomic E-state index is 12.8. The van der Waals surface area contributed by atoms with E-state index in [4.69, 9.17) is 4.74 Å². The molecule has 10 aromatic rings. The number of aromatic nitrogens is 2. The molecule has 0 bridgehead atoms. The molecule has 0 atom stereocenters. The Morgan fingerprint density at radius 1 is 0.347 bits per heavy atom. The zero-order valence-electron chi connectivity index (χ0n) is 57.1. The van der Waals surface area contributed by atoms with E-state index in [1.807, 2.05) is 108 Å².